The van der Waals surface area contributed by atoms with E-state index in [1.807, 2.05) is 6.08 Å². The van der Waals surface area contributed by atoms with Crippen LogP contribution >= 0.6 is 0 Å². The quantitative estimate of drug-likeness (QED) is 0.234. The standard InChI is InChI=1S/C10H8O3/c1-2-6-4-3-5-7-8(6)10(12)13-9(7)11/h1,3,5-8H,4H2. The van der Waals surface area contributed by atoms with Gasteiger partial charge in [0, 0.05) is 5.92 Å². The van der Waals surface area contributed by atoms with Crippen molar-refractivity contribution in [3.8, 4) is 12.3 Å². The Balaban J connectivity index is 2.36. The Morgan fingerprint density at radius 1 is 1.46 bits per heavy atom. The molecule has 0 aromatic carbocycles. The molecule has 0 spiro atoms. The highest BCUT2D eigenvalue weighted by molar-refractivity contribution is 5.98. The van der Waals surface area contributed by atoms with E-state index in [1.165, 1.54) is 0 Å². The van der Waals surface area contributed by atoms with Crippen LogP contribution in [0, 0.1) is 30.1 Å². The lowest BCUT2D eigenvalue weighted by Crippen LogP contribution is -2.26. The second kappa shape index (κ2) is 2.74. The third-order valence-corrected chi connectivity index (χ3v) is 2.51. The van der Waals surface area contributed by atoms with Gasteiger partial charge in [-0.05, 0) is 6.42 Å². The van der Waals surface area contributed by atoms with Crippen LogP contribution in [0.3, 0.4) is 0 Å². The Hall–Kier alpha value is -1.56. The zero-order valence-corrected chi connectivity index (χ0v) is 6.90. The number of allylic oxidation sites excluding steroid dienone is 1. The van der Waals surface area contributed by atoms with Gasteiger partial charge in [-0.1, -0.05) is 12.2 Å². The molecule has 1 aliphatic carbocycles. The Kier molecular flexibility index (Phi) is 1.70. The summed E-state index contributed by atoms with van der Waals surface area (Å²) in [5.74, 6) is 0.515. The van der Waals surface area contributed by atoms with Crippen LogP contribution in [0.1, 0.15) is 6.42 Å². The highest BCUT2D eigenvalue weighted by atomic mass is 16.6. The van der Waals surface area contributed by atoms with E-state index in [0.29, 0.717) is 6.42 Å². The molecule has 3 unspecified atom stereocenters. The lowest BCUT2D eigenvalue weighted by Gasteiger charge is -2.20. The lowest BCUT2D eigenvalue weighted by atomic mass is 9.78. The predicted octanol–water partition coefficient (Wildman–Crippen LogP) is 0.511. The van der Waals surface area contributed by atoms with Crippen LogP contribution in [-0.4, -0.2) is 11.9 Å². The normalized spacial score (nSPS) is 36.7. The van der Waals surface area contributed by atoms with Crippen LogP contribution < -0.4 is 0 Å². The number of ether oxygens (including phenoxy) is 1. The molecule has 0 amide bonds. The fourth-order valence-corrected chi connectivity index (χ4v) is 1.83. The van der Waals surface area contributed by atoms with Crippen molar-refractivity contribution in [3.63, 3.8) is 0 Å². The first kappa shape index (κ1) is 8.06. The first-order valence-electron chi connectivity index (χ1n) is 4.12. The van der Waals surface area contributed by atoms with Crippen molar-refractivity contribution < 1.29 is 14.3 Å². The van der Waals surface area contributed by atoms with E-state index < -0.39 is 23.8 Å². The number of hydrogen-bond acceptors (Lipinski definition) is 3. The molecule has 0 N–H and O–H groups in total. The molecular weight excluding hydrogens is 168 g/mol. The third-order valence-electron chi connectivity index (χ3n) is 2.51. The van der Waals surface area contributed by atoms with Crippen LogP contribution in [0.15, 0.2) is 12.2 Å². The molecule has 1 heterocycles. The van der Waals surface area contributed by atoms with Gasteiger partial charge in [0.05, 0.1) is 11.8 Å². The summed E-state index contributed by atoms with van der Waals surface area (Å²) < 4.78 is 4.52. The van der Waals surface area contributed by atoms with Gasteiger partial charge in [-0.3, -0.25) is 9.59 Å². The monoisotopic (exact) mass is 176 g/mol. The number of carbonyl (C=O) groups excluding carboxylic acids is 2. The average Bonchev–Trinajstić information content (AvgIpc) is 2.43. The maximum atomic E-state index is 11.2. The van der Waals surface area contributed by atoms with Crippen molar-refractivity contribution >= 4 is 11.9 Å². The van der Waals surface area contributed by atoms with E-state index in [0.717, 1.165) is 0 Å². The van der Waals surface area contributed by atoms with Gasteiger partial charge < -0.3 is 4.74 Å². The molecule has 66 valence electrons. The van der Waals surface area contributed by atoms with E-state index in [-0.39, 0.29) is 5.92 Å². The highest BCUT2D eigenvalue weighted by Crippen LogP contribution is 2.36. The summed E-state index contributed by atoms with van der Waals surface area (Å²) in [5.41, 5.74) is 0. The smallest absolute Gasteiger partial charge is 0.321 e. The fraction of sp³-hybridized carbons (Fsp3) is 0.400. The minimum Gasteiger partial charge on any atom is -0.392 e. The highest BCUT2D eigenvalue weighted by Gasteiger charge is 2.47. The average molecular weight is 176 g/mol. The van der Waals surface area contributed by atoms with E-state index in [4.69, 9.17) is 6.42 Å². The first-order chi connectivity index (χ1) is 6.24. The van der Waals surface area contributed by atoms with Gasteiger partial charge in [0.15, 0.2) is 0 Å². The summed E-state index contributed by atoms with van der Waals surface area (Å²) in [6.07, 6.45) is 9.47. The molecule has 0 bridgehead atoms. The van der Waals surface area contributed by atoms with Crippen molar-refractivity contribution in [3.05, 3.63) is 12.2 Å². The molecule has 3 atom stereocenters. The number of carbonyl (C=O) groups is 2. The van der Waals surface area contributed by atoms with Gasteiger partial charge in [-0.2, -0.15) is 0 Å². The summed E-state index contributed by atoms with van der Waals surface area (Å²) >= 11 is 0. The van der Waals surface area contributed by atoms with Crippen molar-refractivity contribution in [2.75, 3.05) is 0 Å². The van der Waals surface area contributed by atoms with E-state index in [9.17, 15) is 9.59 Å². The van der Waals surface area contributed by atoms with E-state index >= 15 is 0 Å². The van der Waals surface area contributed by atoms with Gasteiger partial charge >= 0.3 is 11.9 Å². The molecule has 2 aliphatic rings. The van der Waals surface area contributed by atoms with Gasteiger partial charge in [-0.15, -0.1) is 12.3 Å². The van der Waals surface area contributed by atoms with Gasteiger partial charge in [-0.25, -0.2) is 0 Å². The minimum absolute atomic E-state index is 0.186. The molecule has 1 fully saturated rings. The van der Waals surface area contributed by atoms with Gasteiger partial charge in [0.2, 0.25) is 0 Å². The van der Waals surface area contributed by atoms with E-state index in [2.05, 4.69) is 10.7 Å². The van der Waals surface area contributed by atoms with Crippen molar-refractivity contribution in [1.82, 2.24) is 0 Å². The Morgan fingerprint density at radius 2 is 2.23 bits per heavy atom. The van der Waals surface area contributed by atoms with Crippen LogP contribution in [0.5, 0.6) is 0 Å². The topological polar surface area (TPSA) is 43.4 Å². The largest absolute Gasteiger partial charge is 0.392 e. The first-order valence-corrected chi connectivity index (χ1v) is 4.12. The second-order valence-corrected chi connectivity index (χ2v) is 3.23. The third kappa shape index (κ3) is 1.06. The molecule has 1 saturated heterocycles. The van der Waals surface area contributed by atoms with Crippen molar-refractivity contribution in [2.24, 2.45) is 17.8 Å². The lowest BCUT2D eigenvalue weighted by molar-refractivity contribution is -0.153. The van der Waals surface area contributed by atoms with Crippen LogP contribution in [0.25, 0.3) is 0 Å². The number of esters is 2. The minimum atomic E-state index is -0.470. The fourth-order valence-electron chi connectivity index (χ4n) is 1.83. The Morgan fingerprint density at radius 3 is 2.92 bits per heavy atom. The van der Waals surface area contributed by atoms with Gasteiger partial charge in [0.25, 0.3) is 0 Å². The molecule has 0 radical (unpaired) electrons. The summed E-state index contributed by atoms with van der Waals surface area (Å²) in [6, 6.07) is 0. The zero-order valence-electron chi connectivity index (χ0n) is 6.90. The number of rotatable bonds is 0. The molecule has 3 heteroatoms. The van der Waals surface area contributed by atoms with Crippen molar-refractivity contribution in [2.45, 2.75) is 6.42 Å². The van der Waals surface area contributed by atoms with Crippen LogP contribution in [0.4, 0.5) is 0 Å². The zero-order chi connectivity index (χ0) is 9.42. The van der Waals surface area contributed by atoms with Crippen molar-refractivity contribution in [1.29, 1.82) is 0 Å². The Labute approximate surface area is 75.8 Å². The second-order valence-electron chi connectivity index (χ2n) is 3.23. The van der Waals surface area contributed by atoms with E-state index in [1.54, 1.807) is 6.08 Å². The maximum absolute atomic E-state index is 11.2. The number of terminal acetylenes is 1. The number of hydrogen-bond donors (Lipinski definition) is 0. The molecule has 13 heavy (non-hydrogen) atoms. The summed E-state index contributed by atoms with van der Waals surface area (Å²) in [7, 11) is 0. The Bertz CT molecular complexity index is 335. The predicted molar refractivity (Wildman–Crippen MR) is 44.2 cm³/mol. The maximum Gasteiger partial charge on any atom is 0.321 e. The molecular formula is C10H8O3. The SMILES string of the molecule is C#CC1CC=CC2C(=O)OC(=O)C12. The summed E-state index contributed by atoms with van der Waals surface area (Å²) in [4.78, 5) is 22.3. The molecule has 1 aliphatic heterocycles. The number of cyclic esters (lactones) is 2. The molecule has 2 rings (SSSR count). The summed E-state index contributed by atoms with van der Waals surface area (Å²) in [5, 5.41) is 0. The molecule has 0 aromatic rings. The number of fused-ring (bicyclic) bond motifs is 1. The molecule has 3 nitrogen and oxygen atoms in total. The van der Waals surface area contributed by atoms with Crippen LogP contribution in [-0.2, 0) is 14.3 Å². The molecule has 0 aromatic heterocycles. The summed E-state index contributed by atoms with van der Waals surface area (Å²) in [6.45, 7) is 0. The molecule has 0 saturated carbocycles. The van der Waals surface area contributed by atoms with Crippen LogP contribution in [0.2, 0.25) is 0 Å². The van der Waals surface area contributed by atoms with Gasteiger partial charge in [0.1, 0.15) is 0 Å².